The van der Waals surface area contributed by atoms with Gasteiger partial charge in [-0.2, -0.15) is 0 Å². The second-order valence-electron chi connectivity index (χ2n) is 7.71. The van der Waals surface area contributed by atoms with Crippen LogP contribution in [0.1, 0.15) is 31.1 Å². The topological polar surface area (TPSA) is 70.2 Å². The van der Waals surface area contributed by atoms with Crippen LogP contribution in [0, 0.1) is 0 Å². The summed E-state index contributed by atoms with van der Waals surface area (Å²) >= 11 is 0. The largest absolute Gasteiger partial charge is 0.376 e. The lowest BCUT2D eigenvalue weighted by atomic mass is 10.1. The van der Waals surface area contributed by atoms with Crippen molar-refractivity contribution >= 4 is 34.0 Å². The van der Waals surface area contributed by atoms with E-state index < -0.39 is 0 Å². The van der Waals surface area contributed by atoms with Crippen LogP contribution in [0.5, 0.6) is 0 Å². The Morgan fingerprint density at radius 1 is 0.857 bits per heavy atom. The fourth-order valence-corrected chi connectivity index (χ4v) is 2.86. The molecule has 3 N–H and O–H groups in total. The zero-order valence-electron chi connectivity index (χ0n) is 16.4. The van der Waals surface area contributed by atoms with E-state index in [0.29, 0.717) is 5.56 Å². The second-order valence-corrected chi connectivity index (χ2v) is 7.71. The van der Waals surface area contributed by atoms with Gasteiger partial charge >= 0.3 is 0 Å². The standard InChI is InChI=1S/C23H25N3O2/c1-23(2,3)26-22(28)17-11-13-18(14-12-17)24-15-21(27)25-20-10-6-8-16-7-4-5-9-19(16)20/h4-14,24H,15H2,1-3H3,(H,25,27)(H,26,28). The van der Waals surface area contributed by atoms with Gasteiger partial charge in [0.2, 0.25) is 5.91 Å². The Morgan fingerprint density at radius 2 is 1.54 bits per heavy atom. The van der Waals surface area contributed by atoms with E-state index in [0.717, 1.165) is 22.1 Å². The molecule has 0 aliphatic rings. The number of carbonyl (C=O) groups is 2. The molecule has 0 atom stereocenters. The maximum absolute atomic E-state index is 12.3. The Bertz CT molecular complexity index is 983. The summed E-state index contributed by atoms with van der Waals surface area (Å²) in [6.07, 6.45) is 0. The minimum absolute atomic E-state index is 0.118. The van der Waals surface area contributed by atoms with Crippen LogP contribution < -0.4 is 16.0 Å². The summed E-state index contributed by atoms with van der Waals surface area (Å²) < 4.78 is 0. The van der Waals surface area contributed by atoms with Crippen molar-refractivity contribution in [1.82, 2.24) is 5.32 Å². The average molecular weight is 375 g/mol. The molecule has 0 radical (unpaired) electrons. The number of amides is 2. The van der Waals surface area contributed by atoms with E-state index in [1.165, 1.54) is 0 Å². The number of rotatable bonds is 5. The SMILES string of the molecule is CC(C)(C)NC(=O)c1ccc(NCC(=O)Nc2cccc3ccccc23)cc1. The van der Waals surface area contributed by atoms with E-state index in [4.69, 9.17) is 0 Å². The molecule has 0 saturated heterocycles. The summed E-state index contributed by atoms with van der Waals surface area (Å²) in [5.41, 5.74) is 1.87. The third kappa shape index (κ3) is 5.10. The molecule has 0 spiro atoms. The molecule has 0 fully saturated rings. The van der Waals surface area contributed by atoms with Crippen LogP contribution in [0.15, 0.2) is 66.7 Å². The number of hydrogen-bond donors (Lipinski definition) is 3. The molecule has 0 aliphatic heterocycles. The summed E-state index contributed by atoms with van der Waals surface area (Å²) in [5.74, 6) is -0.251. The molecule has 28 heavy (non-hydrogen) atoms. The third-order valence-electron chi connectivity index (χ3n) is 4.15. The van der Waals surface area contributed by atoms with Crippen LogP contribution in [-0.4, -0.2) is 23.9 Å². The van der Waals surface area contributed by atoms with Gasteiger partial charge in [-0.25, -0.2) is 0 Å². The number of carbonyl (C=O) groups excluding carboxylic acids is 2. The summed E-state index contributed by atoms with van der Waals surface area (Å²) in [7, 11) is 0. The van der Waals surface area contributed by atoms with Gasteiger partial charge in [0.05, 0.1) is 6.54 Å². The molecule has 0 heterocycles. The molecule has 2 amide bonds. The molecular weight excluding hydrogens is 350 g/mol. The third-order valence-corrected chi connectivity index (χ3v) is 4.15. The van der Waals surface area contributed by atoms with Crippen molar-refractivity contribution in [3.8, 4) is 0 Å². The van der Waals surface area contributed by atoms with Crippen LogP contribution in [-0.2, 0) is 4.79 Å². The number of hydrogen-bond acceptors (Lipinski definition) is 3. The molecule has 3 rings (SSSR count). The van der Waals surface area contributed by atoms with Gasteiger partial charge in [-0.1, -0.05) is 36.4 Å². The van der Waals surface area contributed by atoms with Crippen molar-refractivity contribution in [2.75, 3.05) is 17.2 Å². The summed E-state index contributed by atoms with van der Waals surface area (Å²) in [5, 5.41) is 11.0. The molecule has 0 aromatic heterocycles. The van der Waals surface area contributed by atoms with Gasteiger partial charge in [0, 0.05) is 27.9 Å². The quantitative estimate of drug-likeness (QED) is 0.618. The van der Waals surface area contributed by atoms with Gasteiger partial charge in [-0.3, -0.25) is 9.59 Å². The van der Waals surface area contributed by atoms with Gasteiger partial charge in [-0.15, -0.1) is 0 Å². The fraction of sp³-hybridized carbons (Fsp3) is 0.217. The Labute approximate surface area is 165 Å². The lowest BCUT2D eigenvalue weighted by Crippen LogP contribution is -2.40. The first kappa shape index (κ1) is 19.4. The lowest BCUT2D eigenvalue weighted by Gasteiger charge is -2.20. The number of anilines is 2. The van der Waals surface area contributed by atoms with Gasteiger partial charge in [0.25, 0.3) is 5.91 Å². The van der Waals surface area contributed by atoms with Crippen molar-refractivity contribution < 1.29 is 9.59 Å². The van der Waals surface area contributed by atoms with Crippen molar-refractivity contribution in [2.24, 2.45) is 0 Å². The Hall–Kier alpha value is -3.34. The molecule has 0 aliphatic carbocycles. The van der Waals surface area contributed by atoms with Gasteiger partial charge in [0.15, 0.2) is 0 Å². The summed E-state index contributed by atoms with van der Waals surface area (Å²) in [6, 6.07) is 20.8. The molecule has 5 heteroatoms. The Balaban J connectivity index is 1.58. The Morgan fingerprint density at radius 3 is 2.25 bits per heavy atom. The smallest absolute Gasteiger partial charge is 0.251 e. The number of fused-ring (bicyclic) bond motifs is 1. The fourth-order valence-electron chi connectivity index (χ4n) is 2.86. The maximum atomic E-state index is 12.3. The highest BCUT2D eigenvalue weighted by Crippen LogP contribution is 2.22. The first-order valence-corrected chi connectivity index (χ1v) is 9.26. The lowest BCUT2D eigenvalue weighted by molar-refractivity contribution is -0.114. The van der Waals surface area contributed by atoms with Crippen molar-refractivity contribution in [3.05, 3.63) is 72.3 Å². The predicted octanol–water partition coefficient (Wildman–Crippen LogP) is 4.42. The van der Waals surface area contributed by atoms with Crippen LogP contribution in [0.4, 0.5) is 11.4 Å². The first-order chi connectivity index (χ1) is 13.3. The highest BCUT2D eigenvalue weighted by molar-refractivity contribution is 6.03. The highest BCUT2D eigenvalue weighted by atomic mass is 16.2. The van der Waals surface area contributed by atoms with Crippen molar-refractivity contribution in [2.45, 2.75) is 26.3 Å². The van der Waals surface area contributed by atoms with E-state index in [1.807, 2.05) is 63.2 Å². The molecule has 5 nitrogen and oxygen atoms in total. The summed E-state index contributed by atoms with van der Waals surface area (Å²) in [6.45, 7) is 5.96. The number of benzene rings is 3. The number of nitrogens with one attached hydrogen (secondary N) is 3. The molecular formula is C23H25N3O2. The second kappa shape index (κ2) is 8.13. The minimum atomic E-state index is -0.284. The Kier molecular flexibility index (Phi) is 5.64. The zero-order valence-corrected chi connectivity index (χ0v) is 16.4. The molecule has 3 aromatic rings. The van der Waals surface area contributed by atoms with Crippen LogP contribution >= 0.6 is 0 Å². The molecule has 144 valence electrons. The normalized spacial score (nSPS) is 11.1. The maximum Gasteiger partial charge on any atom is 0.251 e. The molecule has 3 aromatic carbocycles. The molecule has 0 unspecified atom stereocenters. The van der Waals surface area contributed by atoms with Gasteiger partial charge in [0.1, 0.15) is 0 Å². The summed E-state index contributed by atoms with van der Waals surface area (Å²) in [4.78, 5) is 24.5. The monoisotopic (exact) mass is 375 g/mol. The minimum Gasteiger partial charge on any atom is -0.376 e. The highest BCUT2D eigenvalue weighted by Gasteiger charge is 2.15. The van der Waals surface area contributed by atoms with Crippen LogP contribution in [0.2, 0.25) is 0 Å². The van der Waals surface area contributed by atoms with E-state index in [1.54, 1.807) is 24.3 Å². The van der Waals surface area contributed by atoms with E-state index in [2.05, 4.69) is 16.0 Å². The average Bonchev–Trinajstić information content (AvgIpc) is 2.66. The van der Waals surface area contributed by atoms with E-state index in [-0.39, 0.29) is 23.9 Å². The first-order valence-electron chi connectivity index (χ1n) is 9.26. The van der Waals surface area contributed by atoms with E-state index >= 15 is 0 Å². The van der Waals surface area contributed by atoms with Crippen LogP contribution in [0.25, 0.3) is 10.8 Å². The predicted molar refractivity (Wildman–Crippen MR) is 115 cm³/mol. The van der Waals surface area contributed by atoms with Crippen LogP contribution in [0.3, 0.4) is 0 Å². The molecule has 0 saturated carbocycles. The van der Waals surface area contributed by atoms with Crippen molar-refractivity contribution in [1.29, 1.82) is 0 Å². The van der Waals surface area contributed by atoms with E-state index in [9.17, 15) is 9.59 Å². The van der Waals surface area contributed by atoms with Gasteiger partial charge in [-0.05, 0) is 56.5 Å². The van der Waals surface area contributed by atoms with Crippen molar-refractivity contribution in [3.63, 3.8) is 0 Å². The zero-order chi connectivity index (χ0) is 20.1. The molecule has 0 bridgehead atoms. The van der Waals surface area contributed by atoms with Gasteiger partial charge < -0.3 is 16.0 Å².